The van der Waals surface area contributed by atoms with E-state index in [1.54, 1.807) is 0 Å². The quantitative estimate of drug-likeness (QED) is 0.738. The lowest BCUT2D eigenvalue weighted by Gasteiger charge is -2.50. The predicted octanol–water partition coefficient (Wildman–Crippen LogP) is 2.41. The first-order valence-electron chi connectivity index (χ1n) is 7.02. The standard InChI is InChI=1S/C14H25NO/c1-13(2)11-6-7-14(13,12(16)10-11)15-8-4-3-5-9-15/h11-12,16H,3-10H2,1-2H3/t11?,12-,14-/m1/s1. The molecule has 2 nitrogen and oxygen atoms in total. The molecule has 1 aliphatic heterocycles. The van der Waals surface area contributed by atoms with Gasteiger partial charge in [0.05, 0.1) is 11.6 Å². The van der Waals surface area contributed by atoms with Crippen molar-refractivity contribution < 1.29 is 5.11 Å². The van der Waals surface area contributed by atoms with Gasteiger partial charge in [-0.2, -0.15) is 0 Å². The minimum Gasteiger partial charge on any atom is -0.391 e. The van der Waals surface area contributed by atoms with Crippen molar-refractivity contribution in [3.8, 4) is 0 Å². The number of nitrogens with zero attached hydrogens (tertiary/aromatic N) is 1. The summed E-state index contributed by atoms with van der Waals surface area (Å²) in [7, 11) is 0. The number of aliphatic hydroxyl groups excluding tert-OH is 1. The van der Waals surface area contributed by atoms with Crippen LogP contribution in [0.3, 0.4) is 0 Å². The first-order chi connectivity index (χ1) is 7.59. The number of hydrogen-bond donors (Lipinski definition) is 1. The van der Waals surface area contributed by atoms with Gasteiger partial charge in [0.1, 0.15) is 0 Å². The van der Waals surface area contributed by atoms with Crippen LogP contribution in [0, 0.1) is 11.3 Å². The number of likely N-dealkylation sites (tertiary alicyclic amines) is 1. The molecular weight excluding hydrogens is 198 g/mol. The summed E-state index contributed by atoms with van der Waals surface area (Å²) in [4.78, 5) is 2.65. The number of fused-ring (bicyclic) bond motifs is 2. The van der Waals surface area contributed by atoms with E-state index in [0.29, 0.717) is 5.41 Å². The summed E-state index contributed by atoms with van der Waals surface area (Å²) in [6.45, 7) is 7.23. The molecule has 1 unspecified atom stereocenters. The SMILES string of the molecule is CC1(C)C2CC[C@@]1(N1CCCCC1)[C@H](O)C2. The lowest BCUT2D eigenvalue weighted by Crippen LogP contribution is -2.60. The zero-order valence-electron chi connectivity index (χ0n) is 10.7. The van der Waals surface area contributed by atoms with Gasteiger partial charge in [0.2, 0.25) is 0 Å². The van der Waals surface area contributed by atoms with E-state index in [1.807, 2.05) is 0 Å². The molecule has 0 aromatic rings. The molecule has 0 aromatic carbocycles. The molecule has 2 bridgehead atoms. The molecule has 0 radical (unpaired) electrons. The van der Waals surface area contributed by atoms with Crippen molar-refractivity contribution in [1.82, 2.24) is 4.90 Å². The van der Waals surface area contributed by atoms with Crippen LogP contribution in [-0.4, -0.2) is 34.7 Å². The van der Waals surface area contributed by atoms with E-state index in [2.05, 4.69) is 18.7 Å². The Bertz CT molecular complexity index is 282. The molecule has 1 heterocycles. The summed E-state index contributed by atoms with van der Waals surface area (Å²) in [6, 6.07) is 0. The van der Waals surface area contributed by atoms with Gasteiger partial charge in [0, 0.05) is 0 Å². The molecule has 1 saturated heterocycles. The average Bonchev–Trinajstić information content (AvgIpc) is 2.64. The van der Waals surface area contributed by atoms with Crippen molar-refractivity contribution in [2.24, 2.45) is 11.3 Å². The third-order valence-corrected chi connectivity index (χ3v) is 5.99. The summed E-state index contributed by atoms with van der Waals surface area (Å²) in [5, 5.41) is 10.5. The molecule has 3 rings (SSSR count). The zero-order valence-corrected chi connectivity index (χ0v) is 10.7. The van der Waals surface area contributed by atoms with Crippen LogP contribution in [0.2, 0.25) is 0 Å². The molecule has 1 N–H and O–H groups in total. The second-order valence-electron chi connectivity index (χ2n) is 6.68. The Morgan fingerprint density at radius 2 is 1.81 bits per heavy atom. The van der Waals surface area contributed by atoms with E-state index in [0.717, 1.165) is 12.3 Å². The Kier molecular flexibility index (Phi) is 2.38. The summed E-state index contributed by atoms with van der Waals surface area (Å²) in [5.74, 6) is 0.754. The lowest BCUT2D eigenvalue weighted by atomic mass is 9.73. The molecule has 3 atom stereocenters. The maximum absolute atomic E-state index is 10.5. The van der Waals surface area contributed by atoms with Crippen molar-refractivity contribution in [1.29, 1.82) is 0 Å². The second kappa shape index (κ2) is 3.46. The fourth-order valence-corrected chi connectivity index (χ4v) is 4.97. The maximum Gasteiger partial charge on any atom is 0.0732 e. The van der Waals surface area contributed by atoms with Gasteiger partial charge >= 0.3 is 0 Å². The first-order valence-corrected chi connectivity index (χ1v) is 7.02. The Labute approximate surface area is 99.0 Å². The number of piperidine rings is 1. The van der Waals surface area contributed by atoms with Crippen LogP contribution in [0.5, 0.6) is 0 Å². The molecule has 0 aromatic heterocycles. The van der Waals surface area contributed by atoms with E-state index in [-0.39, 0.29) is 11.6 Å². The van der Waals surface area contributed by atoms with Crippen LogP contribution in [-0.2, 0) is 0 Å². The minimum atomic E-state index is -0.0700. The van der Waals surface area contributed by atoms with Crippen LogP contribution in [0.1, 0.15) is 52.4 Å². The molecule has 16 heavy (non-hydrogen) atoms. The van der Waals surface area contributed by atoms with Crippen molar-refractivity contribution >= 4 is 0 Å². The van der Waals surface area contributed by atoms with Gasteiger partial charge in [0.15, 0.2) is 0 Å². The number of rotatable bonds is 1. The molecule has 3 aliphatic rings. The normalized spacial score (nSPS) is 47.4. The molecule has 2 heteroatoms. The van der Waals surface area contributed by atoms with Crippen LogP contribution in [0.4, 0.5) is 0 Å². The fraction of sp³-hybridized carbons (Fsp3) is 1.00. The van der Waals surface area contributed by atoms with Crippen molar-refractivity contribution in [2.45, 2.75) is 64.0 Å². The van der Waals surface area contributed by atoms with Crippen LogP contribution >= 0.6 is 0 Å². The lowest BCUT2D eigenvalue weighted by molar-refractivity contribution is -0.0674. The highest BCUT2D eigenvalue weighted by Gasteiger charge is 2.66. The van der Waals surface area contributed by atoms with E-state index < -0.39 is 0 Å². The van der Waals surface area contributed by atoms with Gasteiger partial charge in [-0.3, -0.25) is 4.90 Å². The fourth-order valence-electron chi connectivity index (χ4n) is 4.97. The summed E-state index contributed by atoms with van der Waals surface area (Å²) in [6.07, 6.45) is 7.58. The molecule has 3 fully saturated rings. The van der Waals surface area contributed by atoms with Gasteiger partial charge < -0.3 is 5.11 Å². The van der Waals surface area contributed by atoms with Gasteiger partial charge in [-0.1, -0.05) is 20.3 Å². The highest BCUT2D eigenvalue weighted by Crippen LogP contribution is 2.62. The first kappa shape index (κ1) is 11.0. The largest absolute Gasteiger partial charge is 0.391 e. The van der Waals surface area contributed by atoms with Crippen LogP contribution in [0.25, 0.3) is 0 Å². The summed E-state index contributed by atoms with van der Waals surface area (Å²) >= 11 is 0. The summed E-state index contributed by atoms with van der Waals surface area (Å²) < 4.78 is 0. The average molecular weight is 223 g/mol. The molecular formula is C14H25NO. The number of aliphatic hydroxyl groups is 1. The molecule has 0 amide bonds. The smallest absolute Gasteiger partial charge is 0.0732 e. The van der Waals surface area contributed by atoms with Crippen molar-refractivity contribution in [3.05, 3.63) is 0 Å². The van der Waals surface area contributed by atoms with Gasteiger partial charge in [-0.15, -0.1) is 0 Å². The van der Waals surface area contributed by atoms with Crippen molar-refractivity contribution in [3.63, 3.8) is 0 Å². The molecule has 2 aliphatic carbocycles. The van der Waals surface area contributed by atoms with E-state index in [4.69, 9.17) is 0 Å². The van der Waals surface area contributed by atoms with Gasteiger partial charge in [0.25, 0.3) is 0 Å². The Balaban J connectivity index is 1.94. The topological polar surface area (TPSA) is 23.5 Å². The van der Waals surface area contributed by atoms with Crippen LogP contribution in [0.15, 0.2) is 0 Å². The predicted molar refractivity (Wildman–Crippen MR) is 65.3 cm³/mol. The van der Waals surface area contributed by atoms with Crippen LogP contribution < -0.4 is 0 Å². The highest BCUT2D eigenvalue weighted by molar-refractivity contribution is 5.19. The number of hydrogen-bond acceptors (Lipinski definition) is 2. The van der Waals surface area contributed by atoms with Gasteiger partial charge in [-0.05, 0) is 56.5 Å². The summed E-state index contributed by atoms with van der Waals surface area (Å²) in [5.41, 5.74) is 0.446. The monoisotopic (exact) mass is 223 g/mol. The van der Waals surface area contributed by atoms with Gasteiger partial charge in [-0.25, -0.2) is 0 Å². The Morgan fingerprint density at radius 1 is 1.12 bits per heavy atom. The molecule has 92 valence electrons. The van der Waals surface area contributed by atoms with E-state index >= 15 is 0 Å². The second-order valence-corrected chi connectivity index (χ2v) is 6.68. The molecule has 2 saturated carbocycles. The third-order valence-electron chi connectivity index (χ3n) is 5.99. The Hall–Kier alpha value is -0.0800. The van der Waals surface area contributed by atoms with E-state index in [1.165, 1.54) is 45.2 Å². The highest BCUT2D eigenvalue weighted by atomic mass is 16.3. The zero-order chi connectivity index (χ0) is 11.4. The minimum absolute atomic E-state index is 0.0700. The maximum atomic E-state index is 10.5. The molecule has 0 spiro atoms. The van der Waals surface area contributed by atoms with Crippen molar-refractivity contribution in [2.75, 3.05) is 13.1 Å². The van der Waals surface area contributed by atoms with E-state index in [9.17, 15) is 5.11 Å². The third kappa shape index (κ3) is 1.15. The Morgan fingerprint density at radius 3 is 2.31 bits per heavy atom.